The van der Waals surface area contributed by atoms with Crippen LogP contribution in [0.1, 0.15) is 38.1 Å². The van der Waals surface area contributed by atoms with Crippen molar-refractivity contribution >= 4 is 17.7 Å². The second kappa shape index (κ2) is 11.6. The van der Waals surface area contributed by atoms with Gasteiger partial charge in [-0.15, -0.1) is 10.2 Å². The molecule has 38 heavy (non-hydrogen) atoms. The summed E-state index contributed by atoms with van der Waals surface area (Å²) in [5, 5.41) is 12.7. The van der Waals surface area contributed by atoms with Crippen LogP contribution in [-0.4, -0.2) is 49.5 Å². The van der Waals surface area contributed by atoms with E-state index in [4.69, 9.17) is 5.73 Å². The number of primary amides is 1. The van der Waals surface area contributed by atoms with Crippen molar-refractivity contribution in [3.63, 3.8) is 0 Å². The first-order chi connectivity index (χ1) is 18.3. The van der Waals surface area contributed by atoms with Crippen LogP contribution in [-0.2, 0) is 11.3 Å². The van der Waals surface area contributed by atoms with Crippen molar-refractivity contribution in [2.45, 2.75) is 19.2 Å². The van der Waals surface area contributed by atoms with Gasteiger partial charge in [0, 0.05) is 18.2 Å². The molecular formula is C24H20F2N8O4. The quantitative estimate of drug-likeness (QED) is 0.243. The maximum Gasteiger partial charge on any atom is 0.387 e. The molecule has 5 N–H and O–H groups in total. The Labute approximate surface area is 213 Å². The van der Waals surface area contributed by atoms with Gasteiger partial charge in [0.2, 0.25) is 5.91 Å². The largest absolute Gasteiger partial charge is 0.435 e. The molecule has 4 rings (SSSR count). The van der Waals surface area contributed by atoms with Crippen LogP contribution in [0.15, 0.2) is 67.3 Å². The van der Waals surface area contributed by atoms with Gasteiger partial charge in [-0.05, 0) is 23.3 Å². The Morgan fingerprint density at radius 3 is 2.39 bits per heavy atom. The number of hydrogen-bond acceptors (Lipinski definition) is 8. The zero-order chi connectivity index (χ0) is 27.1. The Kier molecular flexibility index (Phi) is 7.91. The number of aromatic nitrogens is 5. The number of carbonyl (C=O) groups is 3. The number of halogens is 2. The van der Waals surface area contributed by atoms with Gasteiger partial charge in [-0.3, -0.25) is 14.4 Å². The third-order valence-corrected chi connectivity index (χ3v) is 5.20. The van der Waals surface area contributed by atoms with Crippen LogP contribution in [0.4, 0.5) is 8.78 Å². The number of hydrogen-bond donors (Lipinski definition) is 4. The van der Waals surface area contributed by atoms with Crippen LogP contribution < -0.4 is 21.1 Å². The molecule has 194 valence electrons. The number of ether oxygens (including phenoxy) is 1. The highest BCUT2D eigenvalue weighted by Crippen LogP contribution is 2.20. The Balaban J connectivity index is 1.42. The summed E-state index contributed by atoms with van der Waals surface area (Å²) in [6, 6.07) is 12.4. The second-order valence-electron chi connectivity index (χ2n) is 7.77. The van der Waals surface area contributed by atoms with Gasteiger partial charge < -0.3 is 26.1 Å². The lowest BCUT2D eigenvalue weighted by Crippen LogP contribution is -2.38. The molecule has 0 aliphatic rings. The Bertz CT molecular complexity index is 1430. The highest BCUT2D eigenvalue weighted by Gasteiger charge is 2.23. The fourth-order valence-electron chi connectivity index (χ4n) is 3.41. The number of nitrogens with one attached hydrogen (secondary N) is 3. The summed E-state index contributed by atoms with van der Waals surface area (Å²) in [6.07, 6.45) is 2.45. The van der Waals surface area contributed by atoms with Gasteiger partial charge in [-0.2, -0.15) is 8.78 Å². The van der Waals surface area contributed by atoms with Crippen LogP contribution in [0.25, 0.3) is 11.4 Å². The van der Waals surface area contributed by atoms with E-state index in [0.29, 0.717) is 22.5 Å². The van der Waals surface area contributed by atoms with Crippen LogP contribution in [0.5, 0.6) is 5.75 Å². The molecule has 0 saturated carbocycles. The Morgan fingerprint density at radius 1 is 1.00 bits per heavy atom. The van der Waals surface area contributed by atoms with E-state index in [1.165, 1.54) is 24.5 Å². The number of nitrogens with two attached hydrogens (primary N) is 1. The van der Waals surface area contributed by atoms with Crippen molar-refractivity contribution in [2.75, 3.05) is 0 Å². The van der Waals surface area contributed by atoms with Gasteiger partial charge >= 0.3 is 6.61 Å². The number of rotatable bonds is 10. The first kappa shape index (κ1) is 25.8. The summed E-state index contributed by atoms with van der Waals surface area (Å²) in [5.41, 5.74) is 6.83. The number of benzene rings is 2. The summed E-state index contributed by atoms with van der Waals surface area (Å²) >= 11 is 0. The zero-order valence-corrected chi connectivity index (χ0v) is 19.5. The number of amides is 3. The molecule has 4 aromatic rings. The molecule has 0 unspecified atom stereocenters. The van der Waals surface area contributed by atoms with Crippen molar-refractivity contribution in [1.29, 1.82) is 0 Å². The number of alkyl halides is 2. The fraction of sp³-hybridized carbons (Fsp3) is 0.125. The van der Waals surface area contributed by atoms with Crippen molar-refractivity contribution in [1.82, 2.24) is 35.8 Å². The van der Waals surface area contributed by atoms with Gasteiger partial charge in [0.25, 0.3) is 11.8 Å². The normalized spacial score (nSPS) is 11.6. The minimum atomic E-state index is -2.97. The third-order valence-electron chi connectivity index (χ3n) is 5.20. The van der Waals surface area contributed by atoms with Crippen molar-refractivity contribution in [2.24, 2.45) is 5.73 Å². The van der Waals surface area contributed by atoms with E-state index < -0.39 is 30.4 Å². The van der Waals surface area contributed by atoms with E-state index in [0.717, 1.165) is 12.4 Å². The van der Waals surface area contributed by atoms with Crippen LogP contribution >= 0.6 is 0 Å². The van der Waals surface area contributed by atoms with Crippen LogP contribution in [0, 0.1) is 0 Å². The third kappa shape index (κ3) is 6.48. The van der Waals surface area contributed by atoms with Gasteiger partial charge in [0.05, 0.1) is 0 Å². The molecule has 12 nitrogen and oxygen atoms in total. The molecule has 0 spiro atoms. The molecule has 0 saturated heterocycles. The Morgan fingerprint density at radius 2 is 1.74 bits per heavy atom. The predicted octanol–water partition coefficient (Wildman–Crippen LogP) is 1.75. The van der Waals surface area contributed by atoms with Gasteiger partial charge in [-0.25, -0.2) is 9.97 Å². The topological polar surface area (TPSA) is 178 Å². The van der Waals surface area contributed by atoms with Gasteiger partial charge in [0.1, 0.15) is 35.8 Å². The molecule has 3 amide bonds. The molecule has 0 fully saturated rings. The summed E-state index contributed by atoms with van der Waals surface area (Å²) in [6.45, 7) is -2.99. The molecular weight excluding hydrogens is 502 g/mol. The highest BCUT2D eigenvalue weighted by molar-refractivity contribution is 5.99. The van der Waals surface area contributed by atoms with E-state index in [1.807, 2.05) is 0 Å². The number of nitrogens with zero attached hydrogens (tertiary/aromatic N) is 4. The summed E-state index contributed by atoms with van der Waals surface area (Å²) in [4.78, 5) is 48.1. The standard InChI is InChI=1S/C24H20F2N8O4/c25-24(26)38-16-3-1-2-13(8-16)10-28-22(36)17-9-18(30-11-29-17)23(37)33-19(20(27)35)14-4-6-15(7-5-14)21-31-12-32-34-21/h1-9,11-12,19,24H,10H2,(H2,27,35)(H,28,36)(H,33,37)(H,31,32,34)/t19-/m1/s1. The highest BCUT2D eigenvalue weighted by atomic mass is 19.3. The smallest absolute Gasteiger partial charge is 0.387 e. The first-order valence-electron chi connectivity index (χ1n) is 11.0. The lowest BCUT2D eigenvalue weighted by molar-refractivity contribution is -0.120. The maximum absolute atomic E-state index is 12.8. The fourth-order valence-corrected chi connectivity index (χ4v) is 3.41. The van der Waals surface area contributed by atoms with E-state index in [-0.39, 0.29) is 23.7 Å². The van der Waals surface area contributed by atoms with E-state index >= 15 is 0 Å². The van der Waals surface area contributed by atoms with Crippen molar-refractivity contribution in [3.05, 3.63) is 89.8 Å². The average Bonchev–Trinajstić information content (AvgIpc) is 3.45. The van der Waals surface area contributed by atoms with Crippen LogP contribution in [0.2, 0.25) is 0 Å². The molecule has 0 aliphatic heterocycles. The minimum Gasteiger partial charge on any atom is -0.435 e. The molecule has 0 bridgehead atoms. The lowest BCUT2D eigenvalue weighted by atomic mass is 10.0. The predicted molar refractivity (Wildman–Crippen MR) is 127 cm³/mol. The lowest BCUT2D eigenvalue weighted by Gasteiger charge is -2.16. The van der Waals surface area contributed by atoms with E-state index in [1.54, 1.807) is 30.3 Å². The minimum absolute atomic E-state index is 0.0153. The molecule has 2 heterocycles. The average molecular weight is 522 g/mol. The van der Waals surface area contributed by atoms with Gasteiger partial charge in [-0.1, -0.05) is 36.4 Å². The number of aromatic amines is 1. The van der Waals surface area contributed by atoms with Crippen molar-refractivity contribution in [3.8, 4) is 17.1 Å². The van der Waals surface area contributed by atoms with Gasteiger partial charge in [0.15, 0.2) is 5.82 Å². The van der Waals surface area contributed by atoms with Crippen molar-refractivity contribution < 1.29 is 27.9 Å². The van der Waals surface area contributed by atoms with E-state index in [9.17, 15) is 23.2 Å². The molecule has 0 radical (unpaired) electrons. The molecule has 14 heteroatoms. The molecule has 2 aromatic heterocycles. The number of H-pyrrole nitrogens is 1. The molecule has 2 aromatic carbocycles. The second-order valence-corrected chi connectivity index (χ2v) is 7.77. The van der Waals surface area contributed by atoms with E-state index in [2.05, 4.69) is 40.5 Å². The molecule has 0 aliphatic carbocycles. The monoisotopic (exact) mass is 522 g/mol. The zero-order valence-electron chi connectivity index (χ0n) is 19.5. The molecule has 1 atom stereocenters. The SMILES string of the molecule is NC(=O)[C@H](NC(=O)c1cc(C(=O)NCc2cccc(OC(F)F)c2)ncn1)c1ccc(-c2nnc[nH]2)cc1. The summed E-state index contributed by atoms with van der Waals surface area (Å²) in [5.74, 6) is -1.74. The van der Waals surface area contributed by atoms with Crippen LogP contribution in [0.3, 0.4) is 0 Å². The summed E-state index contributed by atoms with van der Waals surface area (Å²) in [7, 11) is 0. The number of carbonyl (C=O) groups excluding carboxylic acids is 3. The maximum atomic E-state index is 12.8. The Hall–Kier alpha value is -5.27. The first-order valence-corrected chi connectivity index (χ1v) is 11.0. The summed E-state index contributed by atoms with van der Waals surface area (Å²) < 4.78 is 29.2.